The lowest BCUT2D eigenvalue weighted by molar-refractivity contribution is -0.120. The Morgan fingerprint density at radius 1 is 1.42 bits per heavy atom. The zero-order valence-electron chi connectivity index (χ0n) is 13.8. The van der Waals surface area contributed by atoms with Crippen LogP contribution in [0.1, 0.15) is 48.4 Å². The van der Waals surface area contributed by atoms with Gasteiger partial charge >= 0.3 is 0 Å². The van der Waals surface area contributed by atoms with Crippen LogP contribution in [0.15, 0.2) is 11.6 Å². The molecule has 0 aromatic carbocycles. The highest BCUT2D eigenvalue weighted by atomic mass is 32.1. The molecule has 128 valence electrons. The summed E-state index contributed by atoms with van der Waals surface area (Å²) >= 11 is 1.58. The van der Waals surface area contributed by atoms with Crippen LogP contribution in [-0.2, 0) is 16.0 Å². The second-order valence-electron chi connectivity index (χ2n) is 6.18. The van der Waals surface area contributed by atoms with E-state index in [1.54, 1.807) is 16.8 Å². The van der Waals surface area contributed by atoms with Crippen LogP contribution in [0.2, 0.25) is 0 Å². The first-order chi connectivity index (χ1) is 11.5. The van der Waals surface area contributed by atoms with E-state index in [4.69, 9.17) is 0 Å². The van der Waals surface area contributed by atoms with E-state index in [0.717, 1.165) is 29.1 Å². The van der Waals surface area contributed by atoms with Gasteiger partial charge in [0.15, 0.2) is 0 Å². The van der Waals surface area contributed by atoms with Crippen molar-refractivity contribution in [3.05, 3.63) is 27.8 Å². The number of amides is 2. The van der Waals surface area contributed by atoms with Gasteiger partial charge in [-0.3, -0.25) is 14.7 Å². The van der Waals surface area contributed by atoms with E-state index in [-0.39, 0.29) is 17.9 Å². The van der Waals surface area contributed by atoms with Crippen LogP contribution in [0, 0.1) is 6.92 Å². The monoisotopic (exact) mass is 347 g/mol. The summed E-state index contributed by atoms with van der Waals surface area (Å²) in [6.45, 7) is 3.49. The molecule has 0 saturated heterocycles. The Labute approximate surface area is 144 Å². The van der Waals surface area contributed by atoms with Crippen LogP contribution < -0.4 is 10.6 Å². The largest absolute Gasteiger partial charge is 0.354 e. The number of nitrogens with zero attached hydrogens (tertiary/aromatic N) is 2. The van der Waals surface area contributed by atoms with Gasteiger partial charge in [-0.2, -0.15) is 5.10 Å². The lowest BCUT2D eigenvalue weighted by atomic mass is 9.78. The predicted molar refractivity (Wildman–Crippen MR) is 92.0 cm³/mol. The summed E-state index contributed by atoms with van der Waals surface area (Å²) in [7, 11) is 0. The number of aromatic amines is 1. The third-order valence-electron chi connectivity index (χ3n) is 4.26. The second kappa shape index (κ2) is 7.12. The summed E-state index contributed by atoms with van der Waals surface area (Å²) in [4.78, 5) is 28.4. The lowest BCUT2D eigenvalue weighted by Crippen LogP contribution is -2.42. The molecule has 3 N–H and O–H groups in total. The van der Waals surface area contributed by atoms with Crippen molar-refractivity contribution in [1.29, 1.82) is 0 Å². The Kier molecular flexibility index (Phi) is 4.94. The molecule has 2 heterocycles. The van der Waals surface area contributed by atoms with Crippen molar-refractivity contribution in [2.45, 2.75) is 51.5 Å². The Morgan fingerprint density at radius 3 is 2.88 bits per heavy atom. The minimum Gasteiger partial charge on any atom is -0.354 e. The number of aromatic nitrogens is 3. The molecule has 0 radical (unpaired) electrons. The molecular weight excluding hydrogens is 326 g/mol. The standard InChI is InChI=1S/C16H21N5O2S/c1-9-14(24-8-17-9)3-4-16(23)19-15-7-13(20-21-15)11-5-12(6-11)18-10(2)22/h7-8,11-12H,3-6H2,1-2H3,(H,18,22)(H2,19,20,21,23)/t11-,12+. The van der Waals surface area contributed by atoms with Crippen molar-refractivity contribution in [2.24, 2.45) is 0 Å². The number of thiazole rings is 1. The van der Waals surface area contributed by atoms with Gasteiger partial charge < -0.3 is 10.6 Å². The van der Waals surface area contributed by atoms with Gasteiger partial charge in [-0.15, -0.1) is 11.3 Å². The molecule has 8 heteroatoms. The average Bonchev–Trinajstić information content (AvgIpc) is 3.09. The second-order valence-corrected chi connectivity index (χ2v) is 7.12. The number of aryl methyl sites for hydroxylation is 2. The zero-order valence-corrected chi connectivity index (χ0v) is 14.6. The topological polar surface area (TPSA) is 99.8 Å². The molecular formula is C16H21N5O2S. The minimum absolute atomic E-state index is 0.00427. The maximum Gasteiger partial charge on any atom is 0.225 e. The van der Waals surface area contributed by atoms with Crippen molar-refractivity contribution >= 4 is 29.0 Å². The Balaban J connectivity index is 1.45. The fourth-order valence-electron chi connectivity index (χ4n) is 2.88. The number of carbonyl (C=O) groups excluding carboxylic acids is 2. The molecule has 3 rings (SSSR count). The van der Waals surface area contributed by atoms with Gasteiger partial charge in [0.05, 0.1) is 16.9 Å². The van der Waals surface area contributed by atoms with Crippen molar-refractivity contribution < 1.29 is 9.59 Å². The van der Waals surface area contributed by atoms with Crippen LogP contribution in [0.4, 0.5) is 5.82 Å². The Hall–Kier alpha value is -2.22. The van der Waals surface area contributed by atoms with E-state index in [1.165, 1.54) is 6.92 Å². The molecule has 2 aromatic heterocycles. The number of H-pyrrole nitrogens is 1. The Bertz CT molecular complexity index is 732. The smallest absolute Gasteiger partial charge is 0.225 e. The maximum absolute atomic E-state index is 12.0. The third-order valence-corrected chi connectivity index (χ3v) is 5.25. The number of hydrogen-bond acceptors (Lipinski definition) is 5. The summed E-state index contributed by atoms with van der Waals surface area (Å²) in [6, 6.07) is 2.12. The van der Waals surface area contributed by atoms with Crippen LogP contribution in [0.3, 0.4) is 0 Å². The molecule has 7 nitrogen and oxygen atoms in total. The van der Waals surface area contributed by atoms with Gasteiger partial charge in [0.1, 0.15) is 5.82 Å². The highest BCUT2D eigenvalue weighted by Crippen LogP contribution is 2.36. The highest BCUT2D eigenvalue weighted by Gasteiger charge is 2.32. The van der Waals surface area contributed by atoms with Crippen molar-refractivity contribution in [1.82, 2.24) is 20.5 Å². The van der Waals surface area contributed by atoms with Gasteiger partial charge in [-0.25, -0.2) is 4.98 Å². The third kappa shape index (κ3) is 4.00. The molecule has 0 bridgehead atoms. The first-order valence-electron chi connectivity index (χ1n) is 8.02. The van der Waals surface area contributed by atoms with Crippen LogP contribution in [0.25, 0.3) is 0 Å². The van der Waals surface area contributed by atoms with E-state index >= 15 is 0 Å². The molecule has 0 atom stereocenters. The predicted octanol–water partition coefficient (Wildman–Crippen LogP) is 2.13. The van der Waals surface area contributed by atoms with Crippen molar-refractivity contribution in [2.75, 3.05) is 5.32 Å². The number of anilines is 1. The first kappa shape index (κ1) is 16.6. The van der Waals surface area contributed by atoms with E-state index in [0.29, 0.717) is 24.6 Å². The molecule has 0 unspecified atom stereocenters. The lowest BCUT2D eigenvalue weighted by Gasteiger charge is -2.34. The molecule has 1 saturated carbocycles. The van der Waals surface area contributed by atoms with Gasteiger partial charge in [-0.1, -0.05) is 0 Å². The number of carbonyl (C=O) groups is 2. The summed E-state index contributed by atoms with van der Waals surface area (Å²) in [5.74, 6) is 0.926. The summed E-state index contributed by atoms with van der Waals surface area (Å²) in [5, 5.41) is 12.9. The fourth-order valence-corrected chi connectivity index (χ4v) is 3.66. The molecule has 1 fully saturated rings. The van der Waals surface area contributed by atoms with E-state index in [1.807, 2.05) is 13.0 Å². The van der Waals surface area contributed by atoms with Crippen LogP contribution >= 0.6 is 11.3 Å². The van der Waals surface area contributed by atoms with Crippen LogP contribution in [-0.4, -0.2) is 33.0 Å². The molecule has 2 amide bonds. The van der Waals surface area contributed by atoms with E-state index in [2.05, 4.69) is 25.8 Å². The average molecular weight is 347 g/mol. The quantitative estimate of drug-likeness (QED) is 0.745. The SMILES string of the molecule is CC(=O)N[C@H]1C[C@@H](c2cc(NC(=O)CCc3scnc3C)[nH]n2)C1. The fraction of sp³-hybridized carbons (Fsp3) is 0.500. The number of nitrogens with one attached hydrogen (secondary N) is 3. The van der Waals surface area contributed by atoms with Gasteiger partial charge in [0.25, 0.3) is 0 Å². The van der Waals surface area contributed by atoms with Gasteiger partial charge in [-0.05, 0) is 26.2 Å². The molecule has 0 aliphatic heterocycles. The van der Waals surface area contributed by atoms with E-state index < -0.39 is 0 Å². The molecule has 2 aromatic rings. The van der Waals surface area contributed by atoms with Crippen molar-refractivity contribution in [3.63, 3.8) is 0 Å². The van der Waals surface area contributed by atoms with E-state index in [9.17, 15) is 9.59 Å². The molecule has 24 heavy (non-hydrogen) atoms. The Morgan fingerprint density at radius 2 is 2.21 bits per heavy atom. The van der Waals surface area contributed by atoms with Gasteiger partial charge in [0.2, 0.25) is 11.8 Å². The molecule has 1 aliphatic rings. The summed E-state index contributed by atoms with van der Waals surface area (Å²) < 4.78 is 0. The normalized spacial score (nSPS) is 19.6. The number of hydrogen-bond donors (Lipinski definition) is 3. The molecule has 0 spiro atoms. The highest BCUT2D eigenvalue weighted by molar-refractivity contribution is 7.09. The minimum atomic E-state index is -0.0391. The number of rotatable bonds is 6. The maximum atomic E-state index is 12.0. The molecule has 1 aliphatic carbocycles. The first-order valence-corrected chi connectivity index (χ1v) is 8.90. The van der Waals surface area contributed by atoms with Gasteiger partial charge in [0, 0.05) is 36.2 Å². The summed E-state index contributed by atoms with van der Waals surface area (Å²) in [5.41, 5.74) is 3.73. The van der Waals surface area contributed by atoms with Crippen molar-refractivity contribution in [3.8, 4) is 0 Å². The van der Waals surface area contributed by atoms with Crippen LogP contribution in [0.5, 0.6) is 0 Å². The summed E-state index contributed by atoms with van der Waals surface area (Å²) in [6.07, 6.45) is 2.90. The zero-order chi connectivity index (χ0) is 17.1.